The normalized spacial score (nSPS) is 23.4. The lowest BCUT2D eigenvalue weighted by Gasteiger charge is -2.30. The molecule has 10 heavy (non-hydrogen) atoms. The van der Waals surface area contributed by atoms with Crippen molar-refractivity contribution in [3.8, 4) is 0 Å². The minimum atomic E-state index is 0. The molecule has 3 N–H and O–H groups in total. The molecule has 0 bridgehead atoms. The van der Waals surface area contributed by atoms with Gasteiger partial charge in [-0.25, -0.2) is 0 Å². The van der Waals surface area contributed by atoms with Crippen molar-refractivity contribution in [3.05, 3.63) is 0 Å². The lowest BCUT2D eigenvalue weighted by molar-refractivity contribution is 0.188. The first kappa shape index (κ1) is 10.4. The fourth-order valence-electron chi connectivity index (χ4n) is 1.09. The number of halogens is 1. The molecular formula is C6H16BrN3. The monoisotopic (exact) mass is 209 g/mol. The molecular weight excluding hydrogens is 194 g/mol. The summed E-state index contributed by atoms with van der Waals surface area (Å²) in [5, 5.41) is 3.27. The summed E-state index contributed by atoms with van der Waals surface area (Å²) in [5.74, 6) is 0. The van der Waals surface area contributed by atoms with E-state index < -0.39 is 0 Å². The van der Waals surface area contributed by atoms with Gasteiger partial charge in [0.15, 0.2) is 0 Å². The van der Waals surface area contributed by atoms with Gasteiger partial charge >= 0.3 is 0 Å². The summed E-state index contributed by atoms with van der Waals surface area (Å²) in [6, 6.07) is 0. The standard InChI is InChI=1S/C6H15N3.BrH/c1-6(7)9-4-2-8-3-5-9;/h6,8H,2-5,7H2,1H3;1H. The molecule has 1 saturated heterocycles. The van der Waals surface area contributed by atoms with Crippen LogP contribution in [0.2, 0.25) is 0 Å². The third-order valence-electron chi connectivity index (χ3n) is 1.73. The zero-order valence-corrected chi connectivity index (χ0v) is 8.05. The molecule has 1 fully saturated rings. The minimum Gasteiger partial charge on any atom is -0.316 e. The highest BCUT2D eigenvalue weighted by Gasteiger charge is 2.11. The highest BCUT2D eigenvalue weighted by Crippen LogP contribution is 1.93. The van der Waals surface area contributed by atoms with Crippen LogP contribution in [0.4, 0.5) is 0 Å². The SMILES string of the molecule is Br.CC(N)N1CCNCC1. The van der Waals surface area contributed by atoms with Crippen molar-refractivity contribution in [1.82, 2.24) is 10.2 Å². The van der Waals surface area contributed by atoms with Gasteiger partial charge in [0.25, 0.3) is 0 Å². The first-order chi connectivity index (χ1) is 4.30. The van der Waals surface area contributed by atoms with Gasteiger partial charge in [-0.2, -0.15) is 0 Å². The Morgan fingerprint density at radius 2 is 1.90 bits per heavy atom. The Bertz CT molecular complexity index is 81.1. The number of rotatable bonds is 1. The minimum absolute atomic E-state index is 0. The van der Waals surface area contributed by atoms with Gasteiger partial charge in [-0.05, 0) is 6.92 Å². The summed E-state index contributed by atoms with van der Waals surface area (Å²) < 4.78 is 0. The predicted molar refractivity (Wildman–Crippen MR) is 48.4 cm³/mol. The summed E-state index contributed by atoms with van der Waals surface area (Å²) in [5.41, 5.74) is 5.67. The lowest BCUT2D eigenvalue weighted by Crippen LogP contribution is -2.50. The molecule has 1 aliphatic heterocycles. The van der Waals surface area contributed by atoms with Crippen molar-refractivity contribution in [1.29, 1.82) is 0 Å². The fourth-order valence-corrected chi connectivity index (χ4v) is 1.09. The molecule has 1 heterocycles. The number of hydrogen-bond acceptors (Lipinski definition) is 3. The Morgan fingerprint density at radius 1 is 1.40 bits per heavy atom. The van der Waals surface area contributed by atoms with E-state index in [1.807, 2.05) is 6.92 Å². The molecule has 0 amide bonds. The number of nitrogens with two attached hydrogens (primary N) is 1. The van der Waals surface area contributed by atoms with Crippen molar-refractivity contribution < 1.29 is 0 Å². The van der Waals surface area contributed by atoms with Crippen LogP contribution in [0.1, 0.15) is 6.92 Å². The lowest BCUT2D eigenvalue weighted by atomic mass is 10.3. The number of piperazine rings is 1. The molecule has 1 aliphatic rings. The average molecular weight is 210 g/mol. The van der Waals surface area contributed by atoms with Crippen LogP contribution in [-0.4, -0.2) is 37.2 Å². The van der Waals surface area contributed by atoms with Crippen LogP contribution in [0, 0.1) is 0 Å². The van der Waals surface area contributed by atoms with E-state index in [9.17, 15) is 0 Å². The molecule has 0 aromatic carbocycles. The molecule has 0 aromatic heterocycles. The molecule has 1 rings (SSSR count). The van der Waals surface area contributed by atoms with E-state index in [-0.39, 0.29) is 23.1 Å². The Labute approximate surface area is 72.7 Å². The smallest absolute Gasteiger partial charge is 0.0543 e. The van der Waals surface area contributed by atoms with E-state index in [1.165, 1.54) is 0 Å². The van der Waals surface area contributed by atoms with Gasteiger partial charge in [-0.15, -0.1) is 17.0 Å². The average Bonchev–Trinajstić information content (AvgIpc) is 1.90. The molecule has 0 aromatic rings. The quantitative estimate of drug-likeness (QED) is 0.628. The Hall–Kier alpha value is 0.360. The van der Waals surface area contributed by atoms with Crippen molar-refractivity contribution in [3.63, 3.8) is 0 Å². The van der Waals surface area contributed by atoms with Crippen LogP contribution >= 0.6 is 17.0 Å². The zero-order valence-electron chi connectivity index (χ0n) is 6.34. The van der Waals surface area contributed by atoms with E-state index in [0.717, 1.165) is 26.2 Å². The highest BCUT2D eigenvalue weighted by molar-refractivity contribution is 8.93. The van der Waals surface area contributed by atoms with Crippen LogP contribution in [0.3, 0.4) is 0 Å². The molecule has 3 nitrogen and oxygen atoms in total. The number of nitrogens with one attached hydrogen (secondary N) is 1. The van der Waals surface area contributed by atoms with Gasteiger partial charge in [0.2, 0.25) is 0 Å². The van der Waals surface area contributed by atoms with E-state index in [4.69, 9.17) is 5.73 Å². The molecule has 4 heteroatoms. The van der Waals surface area contributed by atoms with E-state index in [1.54, 1.807) is 0 Å². The fraction of sp³-hybridized carbons (Fsp3) is 1.00. The third-order valence-corrected chi connectivity index (χ3v) is 1.73. The topological polar surface area (TPSA) is 41.3 Å². The second kappa shape index (κ2) is 5.07. The molecule has 1 atom stereocenters. The van der Waals surface area contributed by atoms with Crippen LogP contribution in [0.5, 0.6) is 0 Å². The Balaban J connectivity index is 0.000000810. The van der Waals surface area contributed by atoms with Crippen LogP contribution in [0.15, 0.2) is 0 Å². The van der Waals surface area contributed by atoms with Crippen molar-refractivity contribution in [2.45, 2.75) is 13.1 Å². The van der Waals surface area contributed by atoms with E-state index in [0.29, 0.717) is 0 Å². The number of hydrogen-bond donors (Lipinski definition) is 2. The second-order valence-electron chi connectivity index (χ2n) is 2.53. The molecule has 0 aliphatic carbocycles. The molecule has 1 unspecified atom stereocenters. The van der Waals surface area contributed by atoms with Crippen LogP contribution < -0.4 is 11.1 Å². The third kappa shape index (κ3) is 2.96. The van der Waals surface area contributed by atoms with Crippen molar-refractivity contribution >= 4 is 17.0 Å². The summed E-state index contributed by atoms with van der Waals surface area (Å²) in [7, 11) is 0. The largest absolute Gasteiger partial charge is 0.316 e. The van der Waals surface area contributed by atoms with Crippen molar-refractivity contribution in [2.24, 2.45) is 5.73 Å². The van der Waals surface area contributed by atoms with Gasteiger partial charge < -0.3 is 11.1 Å². The second-order valence-corrected chi connectivity index (χ2v) is 2.53. The van der Waals surface area contributed by atoms with Gasteiger partial charge in [-0.1, -0.05) is 0 Å². The maximum absolute atomic E-state index is 5.67. The van der Waals surface area contributed by atoms with Gasteiger partial charge in [0.1, 0.15) is 0 Å². The maximum Gasteiger partial charge on any atom is 0.0543 e. The summed E-state index contributed by atoms with van der Waals surface area (Å²) >= 11 is 0. The summed E-state index contributed by atoms with van der Waals surface area (Å²) in [6.07, 6.45) is 0.229. The first-order valence-corrected chi connectivity index (χ1v) is 3.51. The Kier molecular flexibility index (Phi) is 5.25. The maximum atomic E-state index is 5.67. The highest BCUT2D eigenvalue weighted by atomic mass is 79.9. The molecule has 62 valence electrons. The van der Waals surface area contributed by atoms with Crippen LogP contribution in [-0.2, 0) is 0 Å². The summed E-state index contributed by atoms with van der Waals surface area (Å²) in [6.45, 7) is 6.39. The van der Waals surface area contributed by atoms with E-state index >= 15 is 0 Å². The molecule has 0 radical (unpaired) electrons. The van der Waals surface area contributed by atoms with Gasteiger partial charge in [-0.3, -0.25) is 4.90 Å². The summed E-state index contributed by atoms with van der Waals surface area (Å²) in [4.78, 5) is 2.27. The zero-order chi connectivity index (χ0) is 6.69. The first-order valence-electron chi connectivity index (χ1n) is 3.51. The van der Waals surface area contributed by atoms with Crippen molar-refractivity contribution in [2.75, 3.05) is 26.2 Å². The Morgan fingerprint density at radius 3 is 2.20 bits per heavy atom. The molecule has 0 spiro atoms. The molecule has 0 saturated carbocycles. The van der Waals surface area contributed by atoms with Gasteiger partial charge in [0, 0.05) is 26.2 Å². The van der Waals surface area contributed by atoms with Crippen LogP contribution in [0.25, 0.3) is 0 Å². The predicted octanol–water partition coefficient (Wildman–Crippen LogP) is -0.226. The van der Waals surface area contributed by atoms with E-state index in [2.05, 4.69) is 10.2 Å². The number of nitrogens with zero attached hydrogens (tertiary/aromatic N) is 1. The van der Waals surface area contributed by atoms with Gasteiger partial charge in [0.05, 0.1) is 6.17 Å².